The lowest BCUT2D eigenvalue weighted by molar-refractivity contribution is 0.0843. The second-order valence-electron chi connectivity index (χ2n) is 5.60. The fourth-order valence-electron chi connectivity index (χ4n) is 2.44. The number of sulfonamides is 1. The zero-order valence-corrected chi connectivity index (χ0v) is 12.9. The molecule has 0 bridgehead atoms. The SMILES string of the molecule is CC(=O)c1ccc(S(=O)(=O)N2C(C)OCC2(C)C)cc1. The highest BCUT2D eigenvalue weighted by atomic mass is 32.2. The fraction of sp³-hybridized carbons (Fsp3) is 0.500. The van der Waals surface area contributed by atoms with Gasteiger partial charge in [-0.1, -0.05) is 12.1 Å². The van der Waals surface area contributed by atoms with Crippen molar-refractivity contribution in [3.8, 4) is 0 Å². The summed E-state index contributed by atoms with van der Waals surface area (Å²) in [5, 5.41) is 0. The summed E-state index contributed by atoms with van der Waals surface area (Å²) in [7, 11) is -3.64. The van der Waals surface area contributed by atoms with Crippen LogP contribution in [-0.4, -0.2) is 36.9 Å². The third-order valence-corrected chi connectivity index (χ3v) is 5.60. The minimum atomic E-state index is -3.64. The number of Topliss-reactive ketones (excluding diaryl/α,β-unsaturated/α-hetero) is 1. The minimum Gasteiger partial charge on any atom is -0.360 e. The van der Waals surface area contributed by atoms with E-state index in [9.17, 15) is 13.2 Å². The first kappa shape index (κ1) is 15.2. The van der Waals surface area contributed by atoms with Crippen molar-refractivity contribution >= 4 is 15.8 Å². The van der Waals surface area contributed by atoms with Crippen LogP contribution in [0, 0.1) is 0 Å². The lowest BCUT2D eigenvalue weighted by Crippen LogP contribution is -2.47. The molecular formula is C14H19NO4S. The van der Waals surface area contributed by atoms with Crippen LogP contribution in [0.2, 0.25) is 0 Å². The molecule has 1 unspecified atom stereocenters. The van der Waals surface area contributed by atoms with E-state index in [-0.39, 0.29) is 10.7 Å². The van der Waals surface area contributed by atoms with E-state index in [0.717, 1.165) is 0 Å². The number of ketones is 1. The largest absolute Gasteiger partial charge is 0.360 e. The van der Waals surface area contributed by atoms with Gasteiger partial charge in [0.2, 0.25) is 10.0 Å². The van der Waals surface area contributed by atoms with E-state index >= 15 is 0 Å². The maximum absolute atomic E-state index is 12.7. The van der Waals surface area contributed by atoms with Crippen LogP contribution in [0.15, 0.2) is 29.2 Å². The molecule has 1 aromatic carbocycles. The molecule has 0 aliphatic carbocycles. The van der Waals surface area contributed by atoms with Crippen molar-refractivity contribution in [2.24, 2.45) is 0 Å². The summed E-state index contributed by atoms with van der Waals surface area (Å²) < 4.78 is 32.2. The molecular weight excluding hydrogens is 278 g/mol. The van der Waals surface area contributed by atoms with Crippen molar-refractivity contribution in [3.63, 3.8) is 0 Å². The van der Waals surface area contributed by atoms with E-state index in [2.05, 4.69) is 0 Å². The molecule has 6 heteroatoms. The Hall–Kier alpha value is -1.24. The van der Waals surface area contributed by atoms with Gasteiger partial charge in [0.1, 0.15) is 6.23 Å². The number of carbonyl (C=O) groups is 1. The van der Waals surface area contributed by atoms with Gasteiger partial charge in [0.25, 0.3) is 0 Å². The summed E-state index contributed by atoms with van der Waals surface area (Å²) in [4.78, 5) is 11.4. The van der Waals surface area contributed by atoms with Gasteiger partial charge in [0.05, 0.1) is 17.0 Å². The molecule has 1 fully saturated rings. The zero-order valence-electron chi connectivity index (χ0n) is 12.1. The Morgan fingerprint density at radius 1 is 1.30 bits per heavy atom. The maximum atomic E-state index is 12.7. The van der Waals surface area contributed by atoms with Crippen LogP contribution >= 0.6 is 0 Å². The van der Waals surface area contributed by atoms with Crippen LogP contribution < -0.4 is 0 Å². The topological polar surface area (TPSA) is 63.7 Å². The van der Waals surface area contributed by atoms with Crippen molar-refractivity contribution in [2.75, 3.05) is 6.61 Å². The molecule has 20 heavy (non-hydrogen) atoms. The van der Waals surface area contributed by atoms with Crippen LogP contribution in [-0.2, 0) is 14.8 Å². The molecule has 0 amide bonds. The van der Waals surface area contributed by atoms with E-state index in [1.165, 1.54) is 35.5 Å². The van der Waals surface area contributed by atoms with Gasteiger partial charge in [-0.15, -0.1) is 0 Å². The van der Waals surface area contributed by atoms with Crippen LogP contribution in [0.25, 0.3) is 0 Å². The number of hydrogen-bond acceptors (Lipinski definition) is 4. The van der Waals surface area contributed by atoms with Gasteiger partial charge >= 0.3 is 0 Å². The Labute approximate surface area is 119 Å². The summed E-state index contributed by atoms with van der Waals surface area (Å²) in [6.45, 7) is 7.19. The highest BCUT2D eigenvalue weighted by Crippen LogP contribution is 2.33. The summed E-state index contributed by atoms with van der Waals surface area (Å²) in [6.07, 6.45) is -0.498. The summed E-state index contributed by atoms with van der Waals surface area (Å²) in [5.41, 5.74) is -0.0914. The average Bonchev–Trinajstić information content (AvgIpc) is 2.63. The van der Waals surface area contributed by atoms with Crippen LogP contribution in [0.5, 0.6) is 0 Å². The molecule has 0 saturated carbocycles. The van der Waals surface area contributed by atoms with Crippen molar-refractivity contribution in [1.29, 1.82) is 0 Å². The smallest absolute Gasteiger partial charge is 0.245 e. The van der Waals surface area contributed by atoms with E-state index in [1.54, 1.807) is 6.92 Å². The predicted molar refractivity (Wildman–Crippen MR) is 75.0 cm³/mol. The standard InChI is InChI=1S/C14H19NO4S/c1-10(16)12-5-7-13(8-6-12)20(17,18)15-11(2)19-9-14(15,3)4/h5-8,11H,9H2,1-4H3. The van der Waals surface area contributed by atoms with Crippen molar-refractivity contribution < 1.29 is 17.9 Å². The number of carbonyl (C=O) groups excluding carboxylic acids is 1. The predicted octanol–water partition coefficient (Wildman–Crippen LogP) is 2.03. The third-order valence-electron chi connectivity index (χ3n) is 3.42. The second kappa shape index (κ2) is 4.95. The molecule has 0 aromatic heterocycles. The van der Waals surface area contributed by atoms with Gasteiger partial charge in [0.15, 0.2) is 5.78 Å². The molecule has 1 aliphatic heterocycles. The van der Waals surface area contributed by atoms with Crippen LogP contribution in [0.4, 0.5) is 0 Å². The highest BCUT2D eigenvalue weighted by Gasteiger charge is 2.46. The lowest BCUT2D eigenvalue weighted by atomic mass is 10.1. The Bertz CT molecular complexity index is 619. The van der Waals surface area contributed by atoms with E-state index in [1.807, 2.05) is 13.8 Å². The number of hydrogen-bond donors (Lipinski definition) is 0. The van der Waals surface area contributed by atoms with Gasteiger partial charge < -0.3 is 4.74 Å². The van der Waals surface area contributed by atoms with Gasteiger partial charge in [-0.05, 0) is 39.8 Å². The number of ether oxygens (including phenoxy) is 1. The highest BCUT2D eigenvalue weighted by molar-refractivity contribution is 7.89. The first-order valence-corrected chi connectivity index (χ1v) is 7.87. The van der Waals surface area contributed by atoms with Crippen molar-refractivity contribution in [1.82, 2.24) is 4.31 Å². The molecule has 0 spiro atoms. The number of nitrogens with zero attached hydrogens (tertiary/aromatic N) is 1. The molecule has 1 atom stereocenters. The van der Waals surface area contributed by atoms with Crippen molar-refractivity contribution in [3.05, 3.63) is 29.8 Å². The molecule has 110 valence electrons. The maximum Gasteiger partial charge on any atom is 0.245 e. The van der Waals surface area contributed by atoms with E-state index in [0.29, 0.717) is 12.2 Å². The Balaban J connectivity index is 2.42. The molecule has 0 N–H and O–H groups in total. The van der Waals surface area contributed by atoms with Crippen molar-refractivity contribution in [2.45, 2.75) is 44.4 Å². The summed E-state index contributed by atoms with van der Waals surface area (Å²) in [6, 6.07) is 5.99. The van der Waals surface area contributed by atoms with E-state index in [4.69, 9.17) is 4.74 Å². The molecule has 2 rings (SSSR count). The quantitative estimate of drug-likeness (QED) is 0.801. The number of benzene rings is 1. The third kappa shape index (κ3) is 2.51. The Morgan fingerprint density at radius 3 is 2.25 bits per heavy atom. The van der Waals surface area contributed by atoms with Gasteiger partial charge in [0, 0.05) is 5.56 Å². The minimum absolute atomic E-state index is 0.0906. The van der Waals surface area contributed by atoms with Gasteiger partial charge in [-0.3, -0.25) is 4.79 Å². The normalized spacial score (nSPS) is 22.9. The van der Waals surface area contributed by atoms with Gasteiger partial charge in [-0.25, -0.2) is 8.42 Å². The lowest BCUT2D eigenvalue weighted by Gasteiger charge is -2.30. The van der Waals surface area contributed by atoms with E-state index < -0.39 is 21.8 Å². The zero-order chi connectivity index (χ0) is 15.1. The van der Waals surface area contributed by atoms with Gasteiger partial charge in [-0.2, -0.15) is 4.31 Å². The Morgan fingerprint density at radius 2 is 1.85 bits per heavy atom. The molecule has 1 aromatic rings. The molecule has 1 aliphatic rings. The number of rotatable bonds is 3. The second-order valence-corrected chi connectivity index (χ2v) is 7.42. The summed E-state index contributed by atoms with van der Waals surface area (Å²) in [5.74, 6) is -0.0906. The Kier molecular flexibility index (Phi) is 3.75. The summed E-state index contributed by atoms with van der Waals surface area (Å²) >= 11 is 0. The molecule has 5 nitrogen and oxygen atoms in total. The average molecular weight is 297 g/mol. The van der Waals surface area contributed by atoms with Crippen LogP contribution in [0.3, 0.4) is 0 Å². The van der Waals surface area contributed by atoms with Crippen LogP contribution in [0.1, 0.15) is 38.1 Å². The first-order chi connectivity index (χ1) is 9.16. The fourth-order valence-corrected chi connectivity index (χ4v) is 4.31. The molecule has 1 heterocycles. The molecule has 1 saturated heterocycles. The first-order valence-electron chi connectivity index (χ1n) is 6.43. The molecule has 0 radical (unpaired) electrons. The monoisotopic (exact) mass is 297 g/mol.